The Labute approximate surface area is 212 Å². The molecule has 3 unspecified atom stereocenters. The molecule has 1 aromatic carbocycles. The second-order valence-corrected chi connectivity index (χ2v) is 10.8. The average Bonchev–Trinajstić information content (AvgIpc) is 3.21. The van der Waals surface area contributed by atoms with E-state index in [0.717, 1.165) is 63.1 Å². The molecule has 1 aliphatic carbocycles. The first-order valence-electron chi connectivity index (χ1n) is 14.0. The molecule has 1 aliphatic heterocycles. The van der Waals surface area contributed by atoms with Crippen molar-refractivity contribution in [1.29, 1.82) is 0 Å². The fraction of sp³-hybridized carbons (Fsp3) is 0.581. The van der Waals surface area contributed by atoms with Crippen molar-refractivity contribution in [2.75, 3.05) is 0 Å². The molecule has 4 rings (SSSR count). The van der Waals surface area contributed by atoms with Crippen LogP contribution in [0.5, 0.6) is 0 Å². The number of hydrogen-bond donors (Lipinski definition) is 1. The van der Waals surface area contributed by atoms with Crippen molar-refractivity contribution in [2.45, 2.75) is 103 Å². The van der Waals surface area contributed by atoms with E-state index < -0.39 is 0 Å². The molecule has 1 N–H and O–H groups in total. The van der Waals surface area contributed by atoms with Crippen molar-refractivity contribution in [1.82, 2.24) is 15.3 Å². The third kappa shape index (κ3) is 8.38. The number of rotatable bonds is 11. The molecule has 35 heavy (non-hydrogen) atoms. The van der Waals surface area contributed by atoms with Gasteiger partial charge in [0.1, 0.15) is 12.1 Å². The number of carbonyl (C=O) groups excluding carboxylic acids is 1. The van der Waals surface area contributed by atoms with Gasteiger partial charge in [0, 0.05) is 31.0 Å². The first-order valence-corrected chi connectivity index (χ1v) is 14.0. The van der Waals surface area contributed by atoms with Crippen LogP contribution in [-0.2, 0) is 24.2 Å². The Morgan fingerprint density at radius 1 is 0.971 bits per heavy atom. The predicted octanol–water partition coefficient (Wildman–Crippen LogP) is 6.87. The summed E-state index contributed by atoms with van der Waals surface area (Å²) >= 11 is 0. The summed E-state index contributed by atoms with van der Waals surface area (Å²) in [6.45, 7) is 3.00. The van der Waals surface area contributed by atoms with E-state index in [-0.39, 0.29) is 0 Å². The molecule has 2 aromatic rings. The van der Waals surface area contributed by atoms with E-state index in [1.54, 1.807) is 6.33 Å². The summed E-state index contributed by atoms with van der Waals surface area (Å²) in [4.78, 5) is 21.6. The number of hydrogen-bond acceptors (Lipinski definition) is 4. The smallest absolute Gasteiger partial charge is 0.132 e. The van der Waals surface area contributed by atoms with Crippen LogP contribution in [0.1, 0.15) is 100 Å². The summed E-state index contributed by atoms with van der Waals surface area (Å²) in [5, 5.41) is 3.49. The Kier molecular flexibility index (Phi) is 10.1. The molecule has 0 amide bonds. The van der Waals surface area contributed by atoms with E-state index in [0.29, 0.717) is 17.7 Å². The number of fused-ring (bicyclic) bond motifs is 1. The SMILES string of the molecule is CC1C=Cc2c(ncnc2CC2CCCC(CCCC(=O)CCCCc3ccccc3)CC2)CN1. The Morgan fingerprint density at radius 2 is 1.77 bits per heavy atom. The van der Waals surface area contributed by atoms with E-state index >= 15 is 0 Å². The quantitative estimate of drug-likeness (QED) is 0.286. The van der Waals surface area contributed by atoms with Gasteiger partial charge in [-0.25, -0.2) is 9.97 Å². The summed E-state index contributed by atoms with van der Waals surface area (Å²) in [5.74, 6) is 1.97. The molecule has 4 heteroatoms. The van der Waals surface area contributed by atoms with E-state index in [9.17, 15) is 4.79 Å². The van der Waals surface area contributed by atoms with Crippen molar-refractivity contribution >= 4 is 11.9 Å². The van der Waals surface area contributed by atoms with E-state index in [2.05, 4.69) is 59.7 Å². The lowest BCUT2D eigenvalue weighted by molar-refractivity contribution is -0.119. The number of benzene rings is 1. The number of aromatic nitrogens is 2. The summed E-state index contributed by atoms with van der Waals surface area (Å²) in [7, 11) is 0. The summed E-state index contributed by atoms with van der Waals surface area (Å²) < 4.78 is 0. The minimum Gasteiger partial charge on any atom is -0.305 e. The highest BCUT2D eigenvalue weighted by Crippen LogP contribution is 2.33. The standard InChI is InChI=1S/C31H43N3O/c1-24-17-20-29-30(33-23-34-31(29)22-32-24)21-27-14-7-12-26(18-19-27)13-8-16-28(35)15-6-5-11-25-9-3-2-4-10-25/h2-4,9-10,17,20,23-24,26-27,32H,5-8,11-16,18-19,21-22H2,1H3. The van der Waals surface area contributed by atoms with Crippen molar-refractivity contribution in [3.05, 3.63) is 65.2 Å². The highest BCUT2D eigenvalue weighted by atomic mass is 16.1. The Bertz CT molecular complexity index is 955. The molecular formula is C31H43N3O. The molecule has 188 valence electrons. The lowest BCUT2D eigenvalue weighted by atomic mass is 9.90. The van der Waals surface area contributed by atoms with Gasteiger partial charge >= 0.3 is 0 Å². The second kappa shape index (κ2) is 13.7. The molecule has 3 atom stereocenters. The van der Waals surface area contributed by atoms with Gasteiger partial charge < -0.3 is 5.32 Å². The van der Waals surface area contributed by atoms with E-state index in [1.807, 2.05) is 0 Å². The fourth-order valence-corrected chi connectivity index (χ4v) is 5.77. The largest absolute Gasteiger partial charge is 0.305 e. The highest BCUT2D eigenvalue weighted by molar-refractivity contribution is 5.78. The number of unbranched alkanes of at least 4 members (excludes halogenated alkanes) is 1. The van der Waals surface area contributed by atoms with Crippen LogP contribution in [0.15, 0.2) is 42.7 Å². The van der Waals surface area contributed by atoms with Crippen LogP contribution in [0.3, 0.4) is 0 Å². The Morgan fingerprint density at radius 3 is 2.66 bits per heavy atom. The van der Waals surface area contributed by atoms with Crippen molar-refractivity contribution in [2.24, 2.45) is 11.8 Å². The molecule has 0 radical (unpaired) electrons. The van der Waals surface area contributed by atoms with Crippen LogP contribution in [0.25, 0.3) is 6.08 Å². The van der Waals surface area contributed by atoms with E-state index in [4.69, 9.17) is 4.98 Å². The molecule has 0 bridgehead atoms. The van der Waals surface area contributed by atoms with Crippen LogP contribution in [-0.4, -0.2) is 21.8 Å². The minimum absolute atomic E-state index is 0.372. The zero-order valence-corrected chi connectivity index (χ0v) is 21.6. The zero-order valence-electron chi connectivity index (χ0n) is 21.6. The monoisotopic (exact) mass is 473 g/mol. The lowest BCUT2D eigenvalue weighted by Gasteiger charge is -2.17. The van der Waals surface area contributed by atoms with Crippen LogP contribution in [0, 0.1) is 11.8 Å². The molecule has 0 spiro atoms. The molecule has 0 saturated heterocycles. The first kappa shape index (κ1) is 25.8. The topological polar surface area (TPSA) is 54.9 Å². The van der Waals surface area contributed by atoms with Crippen molar-refractivity contribution < 1.29 is 4.79 Å². The Balaban J connectivity index is 1.14. The number of carbonyl (C=O) groups is 1. The second-order valence-electron chi connectivity index (χ2n) is 10.8. The number of aryl methyl sites for hydroxylation is 1. The lowest BCUT2D eigenvalue weighted by Crippen LogP contribution is -2.22. The minimum atomic E-state index is 0.372. The van der Waals surface area contributed by atoms with Crippen LogP contribution >= 0.6 is 0 Å². The highest BCUT2D eigenvalue weighted by Gasteiger charge is 2.22. The van der Waals surface area contributed by atoms with Gasteiger partial charge in [0.15, 0.2) is 0 Å². The third-order valence-electron chi connectivity index (χ3n) is 7.96. The van der Waals surface area contributed by atoms with Gasteiger partial charge in [-0.1, -0.05) is 74.6 Å². The predicted molar refractivity (Wildman–Crippen MR) is 144 cm³/mol. The molecule has 1 aromatic heterocycles. The molecule has 2 aliphatic rings. The number of ketones is 1. The molecule has 2 heterocycles. The zero-order chi connectivity index (χ0) is 24.3. The van der Waals surface area contributed by atoms with Gasteiger partial charge in [-0.05, 0) is 62.8 Å². The normalized spacial score (nSPS) is 22.3. The van der Waals surface area contributed by atoms with E-state index in [1.165, 1.54) is 55.3 Å². The number of nitrogens with one attached hydrogen (secondary N) is 1. The van der Waals surface area contributed by atoms with Crippen LogP contribution < -0.4 is 5.32 Å². The summed E-state index contributed by atoms with van der Waals surface area (Å²) in [5.41, 5.74) is 4.98. The van der Waals surface area contributed by atoms with Crippen molar-refractivity contribution in [3.8, 4) is 0 Å². The average molecular weight is 474 g/mol. The molecule has 1 fully saturated rings. The first-order chi connectivity index (χ1) is 17.2. The maximum Gasteiger partial charge on any atom is 0.132 e. The molecular weight excluding hydrogens is 430 g/mol. The van der Waals surface area contributed by atoms with Gasteiger partial charge in [-0.15, -0.1) is 0 Å². The number of nitrogens with zero attached hydrogens (tertiary/aromatic N) is 2. The maximum absolute atomic E-state index is 12.4. The van der Waals surface area contributed by atoms with Crippen molar-refractivity contribution in [3.63, 3.8) is 0 Å². The Hall–Kier alpha value is -2.33. The van der Waals surface area contributed by atoms with Crippen LogP contribution in [0.2, 0.25) is 0 Å². The van der Waals surface area contributed by atoms with Crippen LogP contribution in [0.4, 0.5) is 0 Å². The number of Topliss-reactive ketones (excluding diaryl/α,β-unsaturated/α-hetero) is 1. The van der Waals surface area contributed by atoms with Gasteiger partial charge in [0.2, 0.25) is 0 Å². The summed E-state index contributed by atoms with van der Waals surface area (Å²) in [6.07, 6.45) is 20.8. The maximum atomic E-state index is 12.4. The fourth-order valence-electron chi connectivity index (χ4n) is 5.77. The summed E-state index contributed by atoms with van der Waals surface area (Å²) in [6, 6.07) is 11.0. The molecule has 4 nitrogen and oxygen atoms in total. The van der Waals surface area contributed by atoms with Gasteiger partial charge in [0.05, 0.1) is 11.4 Å². The van der Waals surface area contributed by atoms with Gasteiger partial charge in [-0.3, -0.25) is 4.79 Å². The molecule has 1 saturated carbocycles. The van der Waals surface area contributed by atoms with Gasteiger partial charge in [-0.2, -0.15) is 0 Å². The third-order valence-corrected chi connectivity index (χ3v) is 7.96. The van der Waals surface area contributed by atoms with Gasteiger partial charge in [0.25, 0.3) is 0 Å².